The van der Waals surface area contributed by atoms with Gasteiger partial charge in [-0.3, -0.25) is 19.6 Å². The number of para-hydroxylation sites is 4. The number of benzene rings is 10. The largest absolute Gasteiger partial charge is 0.357 e. The summed E-state index contributed by atoms with van der Waals surface area (Å²) in [6, 6.07) is 52.9. The lowest BCUT2D eigenvalue weighted by molar-refractivity contribution is 0.103. The van der Waals surface area contributed by atoms with Crippen molar-refractivity contribution in [2.24, 2.45) is 9.98 Å². The monoisotopic (exact) mass is 800 g/mol. The van der Waals surface area contributed by atoms with Crippen LogP contribution in [0.2, 0.25) is 0 Å². The van der Waals surface area contributed by atoms with Crippen LogP contribution in [0.3, 0.4) is 0 Å². The third-order valence-electron chi connectivity index (χ3n) is 12.5. The van der Waals surface area contributed by atoms with Gasteiger partial charge in [-0.25, -0.2) is 0 Å². The Balaban J connectivity index is 1.08. The van der Waals surface area contributed by atoms with Crippen molar-refractivity contribution in [3.8, 4) is 0 Å². The number of aliphatic imine (C=N–C) groups is 2. The molecular formula is C56H40N4O2. The molecule has 0 aliphatic carbocycles. The topological polar surface area (TPSA) is 82.9 Å². The predicted molar refractivity (Wildman–Crippen MR) is 260 cm³/mol. The number of nitrogens with zero attached hydrogens (tertiary/aromatic N) is 2. The Labute approximate surface area is 358 Å². The number of anilines is 2. The van der Waals surface area contributed by atoms with E-state index in [4.69, 9.17) is 9.98 Å². The van der Waals surface area contributed by atoms with Gasteiger partial charge in [0.1, 0.15) is 0 Å². The molecule has 0 saturated heterocycles. The summed E-state index contributed by atoms with van der Waals surface area (Å²) in [5.74, 6) is -0.276. The molecular weight excluding hydrogens is 761 g/mol. The van der Waals surface area contributed by atoms with Gasteiger partial charge >= 0.3 is 0 Å². The van der Waals surface area contributed by atoms with E-state index in [2.05, 4.69) is 95.6 Å². The highest BCUT2D eigenvalue weighted by Gasteiger charge is 2.26. The third-order valence-corrected chi connectivity index (χ3v) is 12.5. The molecule has 6 heteroatoms. The first-order valence-electron chi connectivity index (χ1n) is 20.9. The van der Waals surface area contributed by atoms with Crippen molar-refractivity contribution < 1.29 is 9.59 Å². The summed E-state index contributed by atoms with van der Waals surface area (Å²) in [6.07, 6.45) is 0. The highest BCUT2D eigenvalue weighted by Crippen LogP contribution is 2.40. The second kappa shape index (κ2) is 14.4. The summed E-state index contributed by atoms with van der Waals surface area (Å²) in [5, 5.41) is 20.1. The van der Waals surface area contributed by atoms with Crippen LogP contribution in [0.4, 0.5) is 22.7 Å². The van der Waals surface area contributed by atoms with Crippen molar-refractivity contribution in [3.05, 3.63) is 191 Å². The van der Waals surface area contributed by atoms with E-state index in [-0.39, 0.29) is 11.6 Å². The molecule has 0 aromatic heterocycles. The van der Waals surface area contributed by atoms with Crippen LogP contribution in [0.25, 0.3) is 64.6 Å². The first-order valence-corrected chi connectivity index (χ1v) is 20.9. The number of hydrogen-bond donors (Lipinski definition) is 2. The molecule has 0 atom stereocenters. The molecule has 6 nitrogen and oxygen atoms in total. The molecule has 0 fully saturated rings. The van der Waals surface area contributed by atoms with E-state index in [9.17, 15) is 0 Å². The van der Waals surface area contributed by atoms with Crippen LogP contribution in [0, 0.1) is 0 Å². The number of allylic oxidation sites excluding steroid dienone is 4. The zero-order valence-corrected chi connectivity index (χ0v) is 34.7. The van der Waals surface area contributed by atoms with Gasteiger partial charge < -0.3 is 10.6 Å². The SMILES string of the molecule is CC1=Nc2ccccc2N/C(C)=C(/C(=O)c2ccc3ccc4cccc5ccc2c3c45)C(C)=Nc2ccccc2N/C(C)=C\1C(=O)c1ccc2ccc3cccc4ccc1c2c34. The average Bonchev–Trinajstić information content (AvgIpc) is 3.28. The quantitative estimate of drug-likeness (QED) is 0.137. The van der Waals surface area contributed by atoms with E-state index in [1.165, 1.54) is 0 Å². The lowest BCUT2D eigenvalue weighted by Crippen LogP contribution is -2.18. The predicted octanol–water partition coefficient (Wildman–Crippen LogP) is 14.5. The number of carbonyl (C=O) groups is 2. The van der Waals surface area contributed by atoms with E-state index in [1.807, 2.05) is 100 Å². The molecule has 0 radical (unpaired) electrons. The average molecular weight is 801 g/mol. The highest BCUT2D eigenvalue weighted by atomic mass is 16.1. The Hall–Kier alpha value is -7.96. The van der Waals surface area contributed by atoms with E-state index in [1.54, 1.807) is 0 Å². The minimum absolute atomic E-state index is 0.138. The molecule has 0 saturated carbocycles. The third kappa shape index (κ3) is 5.86. The molecule has 62 heavy (non-hydrogen) atoms. The molecule has 10 aromatic carbocycles. The van der Waals surface area contributed by atoms with Crippen LogP contribution in [-0.4, -0.2) is 23.0 Å². The van der Waals surface area contributed by atoms with Gasteiger partial charge in [0.2, 0.25) is 0 Å². The smallest absolute Gasteiger partial charge is 0.197 e. The summed E-state index contributed by atoms with van der Waals surface area (Å²) in [5.41, 5.74) is 7.09. The van der Waals surface area contributed by atoms with Crippen molar-refractivity contribution in [2.75, 3.05) is 10.6 Å². The Morgan fingerprint density at radius 1 is 0.371 bits per heavy atom. The molecule has 0 amide bonds. The Kier molecular flexibility index (Phi) is 8.58. The Bertz CT molecular complexity index is 3390. The van der Waals surface area contributed by atoms with E-state index in [0.29, 0.717) is 67.8 Å². The van der Waals surface area contributed by atoms with Crippen LogP contribution in [-0.2, 0) is 0 Å². The Morgan fingerprint density at radius 3 is 1.11 bits per heavy atom. The molecule has 1 aliphatic heterocycles. The fourth-order valence-electron chi connectivity index (χ4n) is 9.70. The standard InChI is InChI=1S/C56H40N4O2/c1-31-49(55(61)43-29-25-39-21-19-35-11-9-13-37-23-27-41(43)53(39)51(35)37)32(2)58-47-17-7-8-18-48(47)60-34(4)50(33(3)59-46-16-6-5-15-45(46)57-31)56(62)44-30-26-40-22-20-36-12-10-14-38-24-28-42(44)54(40)52(36)38/h5-30,57,60H,1-4H3/b49-31+,50-34+,58-32?,59-33?. The van der Waals surface area contributed by atoms with Crippen LogP contribution in [0.5, 0.6) is 0 Å². The maximum absolute atomic E-state index is 15.2. The van der Waals surface area contributed by atoms with E-state index < -0.39 is 0 Å². The number of hydrogen-bond acceptors (Lipinski definition) is 6. The second-order valence-corrected chi connectivity index (χ2v) is 16.3. The van der Waals surface area contributed by atoms with Crippen LogP contribution < -0.4 is 10.6 Å². The molecule has 10 aromatic rings. The normalized spacial score (nSPS) is 16.3. The molecule has 0 bridgehead atoms. The first-order chi connectivity index (χ1) is 30.2. The van der Waals surface area contributed by atoms with E-state index >= 15 is 9.59 Å². The number of ketones is 2. The number of Topliss-reactive ketones (excluding diaryl/α,β-unsaturated/α-hetero) is 2. The van der Waals surface area contributed by atoms with E-state index in [0.717, 1.165) is 64.6 Å². The van der Waals surface area contributed by atoms with Gasteiger partial charge in [0, 0.05) is 22.5 Å². The molecule has 1 aliphatic rings. The summed E-state index contributed by atoms with van der Waals surface area (Å²) in [6.45, 7) is 7.60. The van der Waals surface area contributed by atoms with Crippen LogP contribution >= 0.6 is 0 Å². The van der Waals surface area contributed by atoms with Crippen molar-refractivity contribution in [2.45, 2.75) is 27.7 Å². The van der Waals surface area contributed by atoms with Gasteiger partial charge in [-0.2, -0.15) is 0 Å². The van der Waals surface area contributed by atoms with Crippen molar-refractivity contribution in [1.29, 1.82) is 0 Å². The summed E-state index contributed by atoms with van der Waals surface area (Å²) in [7, 11) is 0. The summed E-state index contributed by atoms with van der Waals surface area (Å²) >= 11 is 0. The number of fused-ring (bicyclic) bond motifs is 2. The summed E-state index contributed by atoms with van der Waals surface area (Å²) in [4.78, 5) is 40.8. The van der Waals surface area contributed by atoms with Crippen molar-refractivity contribution >= 4 is 110 Å². The van der Waals surface area contributed by atoms with Gasteiger partial charge in [0.25, 0.3) is 0 Å². The first kappa shape index (κ1) is 37.1. The van der Waals surface area contributed by atoms with Crippen molar-refractivity contribution in [1.82, 2.24) is 0 Å². The Morgan fingerprint density at radius 2 is 0.710 bits per heavy atom. The lowest BCUT2D eigenvalue weighted by atomic mass is 9.88. The molecule has 2 N–H and O–H groups in total. The highest BCUT2D eigenvalue weighted by molar-refractivity contribution is 6.36. The molecule has 11 rings (SSSR count). The zero-order valence-electron chi connectivity index (χ0n) is 34.7. The summed E-state index contributed by atoms with van der Waals surface area (Å²) < 4.78 is 0. The minimum Gasteiger partial charge on any atom is -0.357 e. The molecule has 0 spiro atoms. The number of rotatable bonds is 4. The zero-order chi connectivity index (χ0) is 42.2. The molecule has 296 valence electrons. The van der Waals surface area contributed by atoms with Crippen LogP contribution in [0.15, 0.2) is 190 Å². The van der Waals surface area contributed by atoms with Gasteiger partial charge in [-0.15, -0.1) is 0 Å². The fraction of sp³-hybridized carbons (Fsp3) is 0.0714. The molecule has 0 unspecified atom stereocenters. The van der Waals surface area contributed by atoms with Gasteiger partial charge in [-0.05, 0) is 129 Å². The van der Waals surface area contributed by atoms with Gasteiger partial charge in [-0.1, -0.05) is 121 Å². The van der Waals surface area contributed by atoms with Gasteiger partial charge in [0.15, 0.2) is 11.6 Å². The van der Waals surface area contributed by atoms with Crippen molar-refractivity contribution in [3.63, 3.8) is 0 Å². The second-order valence-electron chi connectivity index (χ2n) is 16.3. The van der Waals surface area contributed by atoms with Crippen LogP contribution in [0.1, 0.15) is 48.4 Å². The molecule has 1 heterocycles. The van der Waals surface area contributed by atoms with Gasteiger partial charge in [0.05, 0.1) is 45.3 Å². The maximum atomic E-state index is 15.2. The number of carbonyl (C=O) groups excluding carboxylic acids is 2. The lowest BCUT2D eigenvalue weighted by Gasteiger charge is -2.20. The fourth-order valence-corrected chi connectivity index (χ4v) is 9.70. The number of nitrogens with one attached hydrogen (secondary N) is 2. The maximum Gasteiger partial charge on any atom is 0.197 e. The minimum atomic E-state index is -0.138.